The molecule has 26 heavy (non-hydrogen) atoms. The molecule has 0 N–H and O–H groups in total. The normalized spacial score (nSPS) is 15.3. The number of fused-ring (bicyclic) bond motifs is 1. The molecule has 1 aliphatic rings. The van der Waals surface area contributed by atoms with E-state index < -0.39 is 0 Å². The molecule has 4 heteroatoms. The fourth-order valence-electron chi connectivity index (χ4n) is 3.77. The van der Waals surface area contributed by atoms with E-state index in [0.717, 1.165) is 52.2 Å². The predicted octanol–water partition coefficient (Wildman–Crippen LogP) is 5.72. The standard InChI is InChI=1S/C22H24N2OS/c1-16-9-8-14-19-20(16)23-22(26-19)24(15-17-10-4-2-5-11-17)21(25)18-12-6-3-7-13-18/h2,4-5,8-11,14,18H,3,6-7,12-13,15H2,1H3. The zero-order chi connectivity index (χ0) is 17.9. The van der Waals surface area contributed by atoms with E-state index in [4.69, 9.17) is 4.98 Å². The number of nitrogens with zero attached hydrogens (tertiary/aromatic N) is 2. The van der Waals surface area contributed by atoms with Gasteiger partial charge in [-0.05, 0) is 37.0 Å². The minimum atomic E-state index is 0.139. The maximum atomic E-state index is 13.4. The smallest absolute Gasteiger partial charge is 0.232 e. The van der Waals surface area contributed by atoms with Crippen molar-refractivity contribution in [3.8, 4) is 0 Å². The third kappa shape index (κ3) is 3.51. The van der Waals surface area contributed by atoms with Gasteiger partial charge in [0.25, 0.3) is 0 Å². The molecule has 0 radical (unpaired) electrons. The lowest BCUT2D eigenvalue weighted by molar-refractivity contribution is -0.123. The van der Waals surface area contributed by atoms with Crippen LogP contribution >= 0.6 is 11.3 Å². The highest BCUT2D eigenvalue weighted by molar-refractivity contribution is 7.22. The fourth-order valence-corrected chi connectivity index (χ4v) is 4.81. The number of amides is 1. The third-order valence-electron chi connectivity index (χ3n) is 5.24. The topological polar surface area (TPSA) is 33.2 Å². The number of anilines is 1. The second-order valence-corrected chi connectivity index (χ2v) is 8.17. The van der Waals surface area contributed by atoms with E-state index in [9.17, 15) is 4.79 Å². The largest absolute Gasteiger partial charge is 0.283 e. The van der Waals surface area contributed by atoms with Crippen molar-refractivity contribution < 1.29 is 4.79 Å². The summed E-state index contributed by atoms with van der Waals surface area (Å²) >= 11 is 1.63. The second-order valence-electron chi connectivity index (χ2n) is 7.16. The number of carbonyl (C=O) groups excluding carboxylic acids is 1. The molecule has 1 fully saturated rings. The van der Waals surface area contributed by atoms with Crippen molar-refractivity contribution in [1.29, 1.82) is 0 Å². The van der Waals surface area contributed by atoms with Gasteiger partial charge in [-0.1, -0.05) is 73.1 Å². The Labute approximate surface area is 158 Å². The molecule has 4 rings (SSSR count). The summed E-state index contributed by atoms with van der Waals surface area (Å²) in [6.45, 7) is 2.67. The van der Waals surface area contributed by atoms with Gasteiger partial charge in [0, 0.05) is 5.92 Å². The van der Waals surface area contributed by atoms with Crippen molar-refractivity contribution in [2.24, 2.45) is 5.92 Å². The van der Waals surface area contributed by atoms with Crippen LogP contribution in [0.1, 0.15) is 43.2 Å². The Balaban J connectivity index is 1.70. The lowest BCUT2D eigenvalue weighted by Crippen LogP contribution is -2.36. The summed E-state index contributed by atoms with van der Waals surface area (Å²) in [5.41, 5.74) is 3.32. The number of carbonyl (C=O) groups is 1. The van der Waals surface area contributed by atoms with Gasteiger partial charge in [0.2, 0.25) is 5.91 Å². The van der Waals surface area contributed by atoms with Crippen LogP contribution in [0.2, 0.25) is 0 Å². The van der Waals surface area contributed by atoms with Gasteiger partial charge in [0.15, 0.2) is 5.13 Å². The molecule has 0 atom stereocenters. The minimum absolute atomic E-state index is 0.139. The van der Waals surface area contributed by atoms with Crippen LogP contribution < -0.4 is 4.90 Å². The quantitative estimate of drug-likeness (QED) is 0.593. The van der Waals surface area contributed by atoms with Crippen molar-refractivity contribution in [2.45, 2.75) is 45.6 Å². The van der Waals surface area contributed by atoms with E-state index >= 15 is 0 Å². The Bertz CT molecular complexity index is 897. The molecule has 0 unspecified atom stereocenters. The monoisotopic (exact) mass is 364 g/mol. The molecule has 1 aromatic heterocycles. The molecule has 0 spiro atoms. The molecule has 3 nitrogen and oxygen atoms in total. The van der Waals surface area contributed by atoms with Gasteiger partial charge in [-0.3, -0.25) is 9.69 Å². The fraction of sp³-hybridized carbons (Fsp3) is 0.364. The first-order valence-electron chi connectivity index (χ1n) is 9.44. The summed E-state index contributed by atoms with van der Waals surface area (Å²) in [7, 11) is 0. The SMILES string of the molecule is Cc1cccc2sc(N(Cc3ccccc3)C(=O)C3CCCCC3)nc12. The molecule has 0 aliphatic heterocycles. The highest BCUT2D eigenvalue weighted by atomic mass is 32.1. The van der Waals surface area contributed by atoms with Crippen LogP contribution in [0.15, 0.2) is 48.5 Å². The summed E-state index contributed by atoms with van der Waals surface area (Å²) in [5.74, 6) is 0.380. The van der Waals surface area contributed by atoms with Gasteiger partial charge in [-0.15, -0.1) is 0 Å². The molecule has 1 heterocycles. The zero-order valence-electron chi connectivity index (χ0n) is 15.1. The van der Waals surface area contributed by atoms with Gasteiger partial charge < -0.3 is 0 Å². The molecule has 1 amide bonds. The number of hydrogen-bond donors (Lipinski definition) is 0. The molecule has 3 aromatic rings. The summed E-state index contributed by atoms with van der Waals surface area (Å²) in [6.07, 6.45) is 5.59. The van der Waals surface area contributed by atoms with E-state index in [-0.39, 0.29) is 11.8 Å². The Hall–Kier alpha value is -2.20. The second kappa shape index (κ2) is 7.58. The Morgan fingerprint density at radius 1 is 1.08 bits per heavy atom. The van der Waals surface area contributed by atoms with Gasteiger partial charge >= 0.3 is 0 Å². The van der Waals surface area contributed by atoms with E-state index in [1.54, 1.807) is 11.3 Å². The number of benzene rings is 2. The average Bonchev–Trinajstić information content (AvgIpc) is 3.12. The molecule has 0 saturated heterocycles. The lowest BCUT2D eigenvalue weighted by atomic mass is 9.88. The number of hydrogen-bond acceptors (Lipinski definition) is 3. The van der Waals surface area contributed by atoms with Crippen molar-refractivity contribution >= 4 is 32.6 Å². The van der Waals surface area contributed by atoms with Gasteiger partial charge in [0.1, 0.15) is 0 Å². The maximum absolute atomic E-state index is 13.4. The molecular weight excluding hydrogens is 340 g/mol. The summed E-state index contributed by atoms with van der Waals surface area (Å²) in [5, 5.41) is 0.828. The van der Waals surface area contributed by atoms with Crippen molar-refractivity contribution in [3.63, 3.8) is 0 Å². The minimum Gasteiger partial charge on any atom is -0.283 e. The first-order valence-corrected chi connectivity index (χ1v) is 10.3. The third-order valence-corrected chi connectivity index (χ3v) is 6.29. The Morgan fingerprint density at radius 3 is 2.58 bits per heavy atom. The van der Waals surface area contributed by atoms with Crippen LogP contribution in [-0.4, -0.2) is 10.9 Å². The predicted molar refractivity (Wildman–Crippen MR) is 109 cm³/mol. The van der Waals surface area contributed by atoms with Gasteiger partial charge in [-0.25, -0.2) is 4.98 Å². The van der Waals surface area contributed by atoms with Crippen LogP contribution in [0.25, 0.3) is 10.2 Å². The number of aromatic nitrogens is 1. The van der Waals surface area contributed by atoms with Crippen molar-refractivity contribution in [3.05, 3.63) is 59.7 Å². The molecule has 1 saturated carbocycles. The number of para-hydroxylation sites is 1. The lowest BCUT2D eigenvalue weighted by Gasteiger charge is -2.27. The maximum Gasteiger partial charge on any atom is 0.232 e. The van der Waals surface area contributed by atoms with E-state index in [0.29, 0.717) is 6.54 Å². The first-order chi connectivity index (χ1) is 12.7. The van der Waals surface area contributed by atoms with Gasteiger partial charge in [-0.2, -0.15) is 0 Å². The molecular formula is C22H24N2OS. The summed E-state index contributed by atoms with van der Waals surface area (Å²) < 4.78 is 1.15. The van der Waals surface area contributed by atoms with Crippen LogP contribution in [0.3, 0.4) is 0 Å². The van der Waals surface area contributed by atoms with E-state index in [1.165, 1.54) is 6.42 Å². The van der Waals surface area contributed by atoms with Crippen LogP contribution in [-0.2, 0) is 11.3 Å². The highest BCUT2D eigenvalue weighted by Gasteiger charge is 2.29. The summed E-state index contributed by atoms with van der Waals surface area (Å²) in [4.78, 5) is 20.1. The molecule has 1 aliphatic carbocycles. The Morgan fingerprint density at radius 2 is 1.85 bits per heavy atom. The molecule has 134 valence electrons. The average molecular weight is 365 g/mol. The zero-order valence-corrected chi connectivity index (χ0v) is 16.0. The van der Waals surface area contributed by atoms with Crippen LogP contribution in [0.4, 0.5) is 5.13 Å². The molecule has 2 aromatic carbocycles. The van der Waals surface area contributed by atoms with Crippen LogP contribution in [0.5, 0.6) is 0 Å². The number of thiazole rings is 1. The Kier molecular flexibility index (Phi) is 5.02. The van der Waals surface area contributed by atoms with Crippen molar-refractivity contribution in [2.75, 3.05) is 4.90 Å². The van der Waals surface area contributed by atoms with E-state index in [1.807, 2.05) is 23.1 Å². The summed E-state index contributed by atoms with van der Waals surface area (Å²) in [6, 6.07) is 16.5. The number of rotatable bonds is 4. The van der Waals surface area contributed by atoms with Gasteiger partial charge in [0.05, 0.1) is 16.8 Å². The highest BCUT2D eigenvalue weighted by Crippen LogP contribution is 2.34. The molecule has 0 bridgehead atoms. The first kappa shape index (κ1) is 17.2. The van der Waals surface area contributed by atoms with E-state index in [2.05, 4.69) is 37.3 Å². The van der Waals surface area contributed by atoms with Crippen molar-refractivity contribution in [1.82, 2.24) is 4.98 Å². The van der Waals surface area contributed by atoms with Crippen LogP contribution in [0, 0.1) is 12.8 Å². The number of aryl methyl sites for hydroxylation is 1.